The maximum Gasteiger partial charge on any atom is 0.323 e. The number of ether oxygens (including phenoxy) is 1. The van der Waals surface area contributed by atoms with Crippen molar-refractivity contribution in [2.24, 2.45) is 0 Å². The predicted molar refractivity (Wildman–Crippen MR) is 82.4 cm³/mol. The van der Waals surface area contributed by atoms with Gasteiger partial charge in [0.2, 0.25) is 0 Å². The molecule has 0 saturated carbocycles. The average molecular weight is 302 g/mol. The van der Waals surface area contributed by atoms with Gasteiger partial charge in [0.1, 0.15) is 6.54 Å². The first-order valence-corrected chi connectivity index (χ1v) is 7.47. The third-order valence-corrected chi connectivity index (χ3v) is 3.50. The van der Waals surface area contributed by atoms with Crippen LogP contribution in [0.1, 0.15) is 47.5 Å². The van der Waals surface area contributed by atoms with E-state index < -0.39 is 11.5 Å². The van der Waals surface area contributed by atoms with E-state index in [1.807, 2.05) is 34.6 Å². The van der Waals surface area contributed by atoms with E-state index >= 15 is 0 Å². The smallest absolute Gasteiger partial charge is 0.323 e. The zero-order chi connectivity index (χ0) is 16.6. The van der Waals surface area contributed by atoms with Gasteiger partial charge in [-0.05, 0) is 33.6 Å². The van der Waals surface area contributed by atoms with Crippen molar-refractivity contribution < 1.29 is 19.4 Å². The van der Waals surface area contributed by atoms with E-state index in [2.05, 4.69) is 0 Å². The third kappa shape index (κ3) is 6.33. The number of carbonyl (C=O) groups is 2. The van der Waals surface area contributed by atoms with Crippen molar-refractivity contribution in [1.29, 1.82) is 0 Å². The molecular weight excluding hydrogens is 272 g/mol. The second-order valence-corrected chi connectivity index (χ2v) is 6.09. The van der Waals surface area contributed by atoms with Gasteiger partial charge in [0, 0.05) is 25.2 Å². The van der Waals surface area contributed by atoms with Crippen LogP contribution in [0.2, 0.25) is 0 Å². The average Bonchev–Trinajstić information content (AvgIpc) is 2.38. The summed E-state index contributed by atoms with van der Waals surface area (Å²) in [6.45, 7) is 10.2. The number of hydrogen-bond acceptors (Lipinski definition) is 3. The van der Waals surface area contributed by atoms with Crippen molar-refractivity contribution in [2.45, 2.75) is 59.0 Å². The van der Waals surface area contributed by atoms with Crippen molar-refractivity contribution in [2.75, 3.05) is 26.8 Å². The van der Waals surface area contributed by atoms with Crippen LogP contribution in [0.4, 0.5) is 4.79 Å². The molecule has 0 atom stereocenters. The lowest BCUT2D eigenvalue weighted by atomic mass is 10.1. The van der Waals surface area contributed by atoms with E-state index in [0.717, 1.165) is 12.8 Å². The molecule has 0 rings (SSSR count). The van der Waals surface area contributed by atoms with Crippen molar-refractivity contribution in [3.8, 4) is 0 Å². The molecule has 0 unspecified atom stereocenters. The Morgan fingerprint density at radius 2 is 1.71 bits per heavy atom. The Hall–Kier alpha value is -1.30. The fourth-order valence-corrected chi connectivity index (χ4v) is 2.24. The predicted octanol–water partition coefficient (Wildman–Crippen LogP) is 2.43. The van der Waals surface area contributed by atoms with Crippen LogP contribution in [0.3, 0.4) is 0 Å². The van der Waals surface area contributed by atoms with Gasteiger partial charge < -0.3 is 19.6 Å². The molecule has 0 bridgehead atoms. The molecule has 2 amide bonds. The van der Waals surface area contributed by atoms with Crippen LogP contribution < -0.4 is 0 Å². The van der Waals surface area contributed by atoms with Crippen molar-refractivity contribution in [3.05, 3.63) is 0 Å². The molecule has 0 aromatic carbocycles. The number of carboxylic acids is 1. The Kier molecular flexibility index (Phi) is 8.32. The summed E-state index contributed by atoms with van der Waals surface area (Å²) in [6, 6.07) is -0.151. The second kappa shape index (κ2) is 8.87. The molecule has 0 fully saturated rings. The Labute approximate surface area is 128 Å². The normalized spacial score (nSPS) is 11.6. The van der Waals surface area contributed by atoms with Crippen LogP contribution in [0, 0.1) is 0 Å². The summed E-state index contributed by atoms with van der Waals surface area (Å²) in [5.41, 5.74) is -0.549. The van der Waals surface area contributed by atoms with Crippen molar-refractivity contribution in [1.82, 2.24) is 9.80 Å². The number of nitrogens with zero attached hydrogens (tertiary/aromatic N) is 2. The third-order valence-electron chi connectivity index (χ3n) is 3.50. The Bertz CT molecular complexity index is 335. The molecule has 0 heterocycles. The molecule has 124 valence electrons. The molecular formula is C15H30N2O4. The first-order chi connectivity index (χ1) is 9.68. The maximum atomic E-state index is 12.8. The fourth-order valence-electron chi connectivity index (χ4n) is 2.24. The maximum absolute atomic E-state index is 12.8. The van der Waals surface area contributed by atoms with Crippen LogP contribution in [-0.2, 0) is 9.53 Å². The molecule has 0 spiro atoms. The van der Waals surface area contributed by atoms with Crippen LogP contribution in [0.25, 0.3) is 0 Å². The number of rotatable bonds is 8. The molecule has 0 aromatic heterocycles. The Balaban J connectivity index is 5.31. The topological polar surface area (TPSA) is 70.1 Å². The summed E-state index contributed by atoms with van der Waals surface area (Å²) in [6.07, 6.45) is 1.66. The van der Waals surface area contributed by atoms with Crippen LogP contribution in [-0.4, -0.2) is 65.3 Å². The monoisotopic (exact) mass is 302 g/mol. The molecule has 0 aromatic rings. The number of aliphatic carboxylic acids is 1. The number of hydrogen-bond donors (Lipinski definition) is 1. The fraction of sp³-hybridized carbons (Fsp3) is 0.867. The summed E-state index contributed by atoms with van der Waals surface area (Å²) in [4.78, 5) is 27.0. The lowest BCUT2D eigenvalue weighted by Crippen LogP contribution is -2.56. The zero-order valence-corrected chi connectivity index (χ0v) is 14.2. The summed E-state index contributed by atoms with van der Waals surface area (Å²) in [5.74, 6) is -1.01. The van der Waals surface area contributed by atoms with Crippen LogP contribution >= 0.6 is 0 Å². The summed E-state index contributed by atoms with van der Waals surface area (Å²) in [7, 11) is 1.59. The van der Waals surface area contributed by atoms with E-state index in [0.29, 0.717) is 13.2 Å². The van der Waals surface area contributed by atoms with Crippen molar-refractivity contribution >= 4 is 12.0 Å². The molecule has 6 heteroatoms. The first-order valence-electron chi connectivity index (χ1n) is 7.47. The SMILES string of the molecule is CCC(CC)N(CCOC)C(=O)N(CC(=O)O)C(C)(C)C. The highest BCUT2D eigenvalue weighted by Crippen LogP contribution is 2.19. The highest BCUT2D eigenvalue weighted by molar-refractivity contribution is 5.81. The number of carboxylic acid groups (broad SMARTS) is 1. The number of carbonyl (C=O) groups excluding carboxylic acids is 1. The van der Waals surface area contributed by atoms with E-state index in [1.165, 1.54) is 4.90 Å². The number of methoxy groups -OCH3 is 1. The van der Waals surface area contributed by atoms with E-state index in [1.54, 1.807) is 12.0 Å². The van der Waals surface area contributed by atoms with Crippen molar-refractivity contribution in [3.63, 3.8) is 0 Å². The summed E-state index contributed by atoms with van der Waals surface area (Å²) >= 11 is 0. The lowest BCUT2D eigenvalue weighted by molar-refractivity contribution is -0.138. The molecule has 1 N–H and O–H groups in total. The van der Waals surface area contributed by atoms with Gasteiger partial charge in [-0.2, -0.15) is 0 Å². The minimum Gasteiger partial charge on any atom is -0.480 e. The molecule has 0 aliphatic rings. The summed E-state index contributed by atoms with van der Waals surface area (Å²) < 4.78 is 5.08. The van der Waals surface area contributed by atoms with E-state index in [-0.39, 0.29) is 18.6 Å². The summed E-state index contributed by atoms with van der Waals surface area (Å²) in [5, 5.41) is 9.07. The molecule has 0 aliphatic heterocycles. The molecule has 6 nitrogen and oxygen atoms in total. The molecule has 0 aliphatic carbocycles. The standard InChI is InChI=1S/C15H30N2O4/c1-7-12(8-2)16(9-10-21-6)14(20)17(11-13(18)19)15(3,4)5/h12H,7-11H2,1-6H3,(H,18,19). The van der Waals surface area contributed by atoms with Gasteiger partial charge in [0.25, 0.3) is 0 Å². The minimum absolute atomic E-state index is 0.0892. The van der Waals surface area contributed by atoms with Gasteiger partial charge in [0.05, 0.1) is 6.61 Å². The molecule has 21 heavy (non-hydrogen) atoms. The second-order valence-electron chi connectivity index (χ2n) is 6.09. The quantitative estimate of drug-likeness (QED) is 0.747. The zero-order valence-electron chi connectivity index (χ0n) is 14.2. The van der Waals surface area contributed by atoms with E-state index in [4.69, 9.17) is 9.84 Å². The van der Waals surface area contributed by atoms with Gasteiger partial charge >= 0.3 is 12.0 Å². The van der Waals surface area contributed by atoms with Gasteiger partial charge in [-0.3, -0.25) is 4.79 Å². The van der Waals surface area contributed by atoms with Crippen LogP contribution in [0.5, 0.6) is 0 Å². The van der Waals surface area contributed by atoms with Gasteiger partial charge in [-0.15, -0.1) is 0 Å². The highest BCUT2D eigenvalue weighted by atomic mass is 16.5. The van der Waals surface area contributed by atoms with Gasteiger partial charge in [-0.25, -0.2) is 4.79 Å². The molecule has 0 radical (unpaired) electrons. The Morgan fingerprint density at radius 3 is 2.05 bits per heavy atom. The van der Waals surface area contributed by atoms with E-state index in [9.17, 15) is 9.59 Å². The molecule has 0 saturated heterocycles. The number of amides is 2. The number of urea groups is 1. The highest BCUT2D eigenvalue weighted by Gasteiger charge is 2.33. The first kappa shape index (κ1) is 19.7. The Morgan fingerprint density at radius 1 is 1.19 bits per heavy atom. The lowest BCUT2D eigenvalue weighted by Gasteiger charge is -2.41. The van der Waals surface area contributed by atoms with Crippen LogP contribution in [0.15, 0.2) is 0 Å². The van der Waals surface area contributed by atoms with Gasteiger partial charge in [0.15, 0.2) is 0 Å². The van der Waals surface area contributed by atoms with Gasteiger partial charge in [-0.1, -0.05) is 13.8 Å². The largest absolute Gasteiger partial charge is 0.480 e. The minimum atomic E-state index is -1.01.